The van der Waals surface area contributed by atoms with Gasteiger partial charge in [-0.3, -0.25) is 4.79 Å². The summed E-state index contributed by atoms with van der Waals surface area (Å²) in [6, 6.07) is -0.400. The maximum absolute atomic E-state index is 11.9. The molecule has 0 spiro atoms. The molecule has 1 atom stereocenters. The Kier molecular flexibility index (Phi) is 4.54. The van der Waals surface area contributed by atoms with Crippen molar-refractivity contribution in [1.29, 1.82) is 0 Å². The van der Waals surface area contributed by atoms with E-state index < -0.39 is 6.04 Å². The van der Waals surface area contributed by atoms with Crippen molar-refractivity contribution in [3.8, 4) is 0 Å². The molecule has 16 heavy (non-hydrogen) atoms. The summed E-state index contributed by atoms with van der Waals surface area (Å²) in [6.07, 6.45) is 5.66. The number of carbonyl (C=O) groups excluding carboxylic acids is 1. The predicted octanol–water partition coefficient (Wildman–Crippen LogP) is 1.93. The SMILES string of the molecule is C=CCC(N)C(=O)N1CCC(C)(CC)CC1. The number of carbonyl (C=O) groups is 1. The van der Waals surface area contributed by atoms with E-state index >= 15 is 0 Å². The van der Waals surface area contributed by atoms with Crippen LogP contribution in [0.15, 0.2) is 12.7 Å². The Morgan fingerprint density at radius 1 is 1.56 bits per heavy atom. The minimum Gasteiger partial charge on any atom is -0.341 e. The number of nitrogens with zero attached hydrogens (tertiary/aromatic N) is 1. The lowest BCUT2D eigenvalue weighted by molar-refractivity contribution is -0.134. The Labute approximate surface area is 98.7 Å². The van der Waals surface area contributed by atoms with Crippen LogP contribution in [-0.4, -0.2) is 29.9 Å². The molecule has 0 aromatic carbocycles. The fraction of sp³-hybridized carbons (Fsp3) is 0.769. The topological polar surface area (TPSA) is 46.3 Å². The van der Waals surface area contributed by atoms with Gasteiger partial charge in [-0.05, 0) is 24.7 Å². The third-order valence-electron chi connectivity index (χ3n) is 3.87. The van der Waals surface area contributed by atoms with Gasteiger partial charge >= 0.3 is 0 Å². The second-order valence-electron chi connectivity index (χ2n) is 5.12. The van der Waals surface area contributed by atoms with Gasteiger partial charge in [-0.25, -0.2) is 0 Å². The van der Waals surface area contributed by atoms with Gasteiger partial charge in [-0.1, -0.05) is 26.3 Å². The van der Waals surface area contributed by atoms with Crippen molar-refractivity contribution in [2.45, 2.75) is 45.6 Å². The van der Waals surface area contributed by atoms with Gasteiger partial charge in [0.15, 0.2) is 0 Å². The van der Waals surface area contributed by atoms with Crippen LogP contribution >= 0.6 is 0 Å². The summed E-state index contributed by atoms with van der Waals surface area (Å²) < 4.78 is 0. The first kappa shape index (κ1) is 13.2. The van der Waals surface area contributed by atoms with Crippen LogP contribution < -0.4 is 5.73 Å². The number of hydrogen-bond donors (Lipinski definition) is 1. The lowest BCUT2D eigenvalue weighted by atomic mass is 9.78. The second-order valence-corrected chi connectivity index (χ2v) is 5.12. The third kappa shape index (κ3) is 3.08. The molecule has 0 radical (unpaired) electrons. The largest absolute Gasteiger partial charge is 0.341 e. The molecule has 1 saturated heterocycles. The lowest BCUT2D eigenvalue weighted by Crippen LogP contribution is -2.48. The van der Waals surface area contributed by atoms with Crippen molar-refractivity contribution in [2.75, 3.05) is 13.1 Å². The molecule has 0 bridgehead atoms. The summed E-state index contributed by atoms with van der Waals surface area (Å²) in [5, 5.41) is 0. The molecule has 1 unspecified atom stereocenters. The first-order valence-corrected chi connectivity index (χ1v) is 6.17. The molecule has 1 aliphatic rings. The number of hydrogen-bond acceptors (Lipinski definition) is 2. The van der Waals surface area contributed by atoms with E-state index in [1.807, 2.05) is 4.90 Å². The van der Waals surface area contributed by atoms with Crippen molar-refractivity contribution < 1.29 is 4.79 Å². The van der Waals surface area contributed by atoms with E-state index in [1.165, 1.54) is 6.42 Å². The fourth-order valence-electron chi connectivity index (χ4n) is 2.14. The zero-order chi connectivity index (χ0) is 12.2. The van der Waals surface area contributed by atoms with E-state index in [0.29, 0.717) is 11.8 Å². The van der Waals surface area contributed by atoms with Gasteiger partial charge in [0.2, 0.25) is 5.91 Å². The maximum Gasteiger partial charge on any atom is 0.239 e. The highest BCUT2D eigenvalue weighted by atomic mass is 16.2. The van der Waals surface area contributed by atoms with Gasteiger partial charge in [-0.15, -0.1) is 6.58 Å². The fourth-order valence-corrected chi connectivity index (χ4v) is 2.14. The van der Waals surface area contributed by atoms with E-state index in [9.17, 15) is 4.79 Å². The molecule has 2 N–H and O–H groups in total. The van der Waals surface area contributed by atoms with E-state index in [-0.39, 0.29) is 5.91 Å². The summed E-state index contributed by atoms with van der Waals surface area (Å²) in [5.74, 6) is 0.0815. The third-order valence-corrected chi connectivity index (χ3v) is 3.87. The van der Waals surface area contributed by atoms with Crippen molar-refractivity contribution in [1.82, 2.24) is 4.90 Å². The second kappa shape index (κ2) is 5.48. The van der Waals surface area contributed by atoms with Crippen molar-refractivity contribution in [3.05, 3.63) is 12.7 Å². The number of amides is 1. The Morgan fingerprint density at radius 3 is 2.56 bits per heavy atom. The molecule has 0 aliphatic carbocycles. The maximum atomic E-state index is 11.9. The van der Waals surface area contributed by atoms with E-state index in [1.54, 1.807) is 6.08 Å². The standard InChI is InChI=1S/C13H24N2O/c1-4-6-11(14)12(16)15-9-7-13(3,5-2)8-10-15/h4,11H,1,5-10,14H2,2-3H3. The summed E-state index contributed by atoms with van der Waals surface area (Å²) in [4.78, 5) is 13.8. The minimum absolute atomic E-state index is 0.0815. The van der Waals surface area contributed by atoms with Crippen molar-refractivity contribution >= 4 is 5.91 Å². The highest BCUT2D eigenvalue weighted by molar-refractivity contribution is 5.81. The Bertz CT molecular complexity index is 255. The van der Waals surface area contributed by atoms with Crippen molar-refractivity contribution in [2.24, 2.45) is 11.1 Å². The first-order valence-electron chi connectivity index (χ1n) is 6.17. The zero-order valence-electron chi connectivity index (χ0n) is 10.5. The van der Waals surface area contributed by atoms with Crippen molar-refractivity contribution in [3.63, 3.8) is 0 Å². The molecule has 1 fully saturated rings. The van der Waals surface area contributed by atoms with Gasteiger partial charge in [0.05, 0.1) is 6.04 Å². The Balaban J connectivity index is 2.47. The first-order chi connectivity index (χ1) is 7.52. The predicted molar refractivity (Wildman–Crippen MR) is 67.0 cm³/mol. The van der Waals surface area contributed by atoms with Gasteiger partial charge in [0.25, 0.3) is 0 Å². The summed E-state index contributed by atoms with van der Waals surface area (Å²) in [7, 11) is 0. The van der Waals surface area contributed by atoms with Crippen LogP contribution in [0.4, 0.5) is 0 Å². The molecule has 1 heterocycles. The molecule has 1 aliphatic heterocycles. The number of nitrogens with two attached hydrogens (primary N) is 1. The van der Waals surface area contributed by atoms with Crippen LogP contribution in [0.3, 0.4) is 0 Å². The summed E-state index contributed by atoms with van der Waals surface area (Å²) in [5.41, 5.74) is 6.21. The van der Waals surface area contributed by atoms with Crippen LogP contribution in [0, 0.1) is 5.41 Å². The smallest absolute Gasteiger partial charge is 0.239 e. The van der Waals surface area contributed by atoms with Crippen LogP contribution in [0.2, 0.25) is 0 Å². The molecule has 0 saturated carbocycles. The average Bonchev–Trinajstić information content (AvgIpc) is 2.29. The van der Waals surface area contributed by atoms with E-state index in [2.05, 4.69) is 20.4 Å². The molecule has 3 heteroatoms. The number of piperidine rings is 1. The number of rotatable bonds is 4. The molecular weight excluding hydrogens is 200 g/mol. The van der Waals surface area contributed by atoms with E-state index in [0.717, 1.165) is 25.9 Å². The molecule has 3 nitrogen and oxygen atoms in total. The molecule has 1 amide bonds. The normalized spacial score (nSPS) is 21.6. The van der Waals surface area contributed by atoms with Crippen LogP contribution in [0.25, 0.3) is 0 Å². The molecule has 92 valence electrons. The molecular formula is C13H24N2O. The Hall–Kier alpha value is -0.830. The molecule has 1 rings (SSSR count). The van der Waals surface area contributed by atoms with Gasteiger partial charge < -0.3 is 10.6 Å². The molecule has 0 aromatic rings. The van der Waals surface area contributed by atoms with Gasteiger partial charge in [-0.2, -0.15) is 0 Å². The average molecular weight is 224 g/mol. The van der Waals surface area contributed by atoms with E-state index in [4.69, 9.17) is 5.73 Å². The monoisotopic (exact) mass is 224 g/mol. The summed E-state index contributed by atoms with van der Waals surface area (Å²) >= 11 is 0. The van der Waals surface area contributed by atoms with Crippen LogP contribution in [0.5, 0.6) is 0 Å². The lowest BCUT2D eigenvalue weighted by Gasteiger charge is -2.39. The minimum atomic E-state index is -0.400. The quantitative estimate of drug-likeness (QED) is 0.742. The Morgan fingerprint density at radius 2 is 2.12 bits per heavy atom. The number of likely N-dealkylation sites (tertiary alicyclic amines) is 1. The highest BCUT2D eigenvalue weighted by Gasteiger charge is 2.31. The highest BCUT2D eigenvalue weighted by Crippen LogP contribution is 2.33. The van der Waals surface area contributed by atoms with Crippen LogP contribution in [-0.2, 0) is 4.79 Å². The van der Waals surface area contributed by atoms with Crippen LogP contribution in [0.1, 0.15) is 39.5 Å². The summed E-state index contributed by atoms with van der Waals surface area (Å²) in [6.45, 7) is 9.85. The van der Waals surface area contributed by atoms with Gasteiger partial charge in [0.1, 0.15) is 0 Å². The zero-order valence-corrected chi connectivity index (χ0v) is 10.5. The van der Waals surface area contributed by atoms with Gasteiger partial charge in [0, 0.05) is 13.1 Å². The molecule has 0 aromatic heterocycles.